The van der Waals surface area contributed by atoms with Crippen LogP contribution in [0, 0.1) is 0 Å². The van der Waals surface area contributed by atoms with Gasteiger partial charge in [0.15, 0.2) is 0 Å². The van der Waals surface area contributed by atoms with Crippen molar-refractivity contribution in [3.8, 4) is 11.5 Å². The zero-order chi connectivity index (χ0) is 24.0. The Kier molecular flexibility index (Phi) is 8.45. The number of hydrogen-bond donors (Lipinski definition) is 0. The van der Waals surface area contributed by atoms with E-state index in [1.165, 1.54) is 22.5 Å². The smallest absolute Gasteiger partial charge is 0.243 e. The second-order valence-electron chi connectivity index (χ2n) is 7.50. The number of carbonyl (C=O) groups excluding carboxylic acids is 1. The Labute approximate surface area is 200 Å². The van der Waals surface area contributed by atoms with Crippen LogP contribution in [0.5, 0.6) is 11.5 Å². The first kappa shape index (κ1) is 25.1. The van der Waals surface area contributed by atoms with E-state index in [-0.39, 0.29) is 28.9 Å². The Bertz CT molecular complexity index is 1070. The molecule has 0 bridgehead atoms. The van der Waals surface area contributed by atoms with E-state index in [9.17, 15) is 13.2 Å². The molecular weight excluding hydrogens is 466 g/mol. The molecule has 0 aromatic heterocycles. The summed E-state index contributed by atoms with van der Waals surface area (Å²) < 4.78 is 38.3. The van der Waals surface area contributed by atoms with Crippen LogP contribution in [0.4, 0.5) is 5.69 Å². The van der Waals surface area contributed by atoms with Crippen molar-refractivity contribution in [3.63, 3.8) is 0 Å². The number of sulfonamides is 1. The highest BCUT2D eigenvalue weighted by molar-refractivity contribution is 7.89. The third-order valence-corrected chi connectivity index (χ3v) is 7.78. The summed E-state index contributed by atoms with van der Waals surface area (Å²) in [5, 5.41) is 0.216. The summed E-state index contributed by atoms with van der Waals surface area (Å²) in [5.74, 6) is 0.983. The summed E-state index contributed by atoms with van der Waals surface area (Å²) in [4.78, 5) is 16.9. The summed E-state index contributed by atoms with van der Waals surface area (Å²) in [6.07, 6.45) is 0. The van der Waals surface area contributed by atoms with Gasteiger partial charge < -0.3 is 19.3 Å². The fraction of sp³-hybridized carbons (Fsp3) is 0.435. The Balaban J connectivity index is 1.66. The van der Waals surface area contributed by atoms with Gasteiger partial charge in [-0.25, -0.2) is 8.42 Å². The van der Waals surface area contributed by atoms with E-state index in [1.807, 2.05) is 31.2 Å². The maximum atomic E-state index is 13.1. The molecule has 1 aliphatic heterocycles. The number of nitrogens with zero attached hydrogens (tertiary/aromatic N) is 3. The van der Waals surface area contributed by atoms with E-state index in [1.54, 1.807) is 18.9 Å². The predicted octanol–water partition coefficient (Wildman–Crippen LogP) is 3.11. The maximum Gasteiger partial charge on any atom is 0.243 e. The number of rotatable bonds is 9. The number of methoxy groups -OCH3 is 1. The van der Waals surface area contributed by atoms with Gasteiger partial charge >= 0.3 is 0 Å². The van der Waals surface area contributed by atoms with E-state index < -0.39 is 10.0 Å². The van der Waals surface area contributed by atoms with Crippen molar-refractivity contribution in [2.75, 3.05) is 57.9 Å². The van der Waals surface area contributed by atoms with Crippen molar-refractivity contribution in [2.45, 2.75) is 18.7 Å². The first-order valence-electron chi connectivity index (χ1n) is 10.9. The molecule has 180 valence electrons. The second kappa shape index (κ2) is 11.1. The number of likely N-dealkylation sites (N-methyl/N-ethyl adjacent to an activating group) is 1. The van der Waals surface area contributed by atoms with E-state index in [2.05, 4.69) is 4.90 Å². The third kappa shape index (κ3) is 5.72. The van der Waals surface area contributed by atoms with Crippen LogP contribution < -0.4 is 14.4 Å². The van der Waals surface area contributed by atoms with Crippen LogP contribution in [0.2, 0.25) is 5.02 Å². The molecule has 1 saturated heterocycles. The number of halogens is 1. The summed E-state index contributed by atoms with van der Waals surface area (Å²) in [6, 6.07) is 12.1. The lowest BCUT2D eigenvalue weighted by Gasteiger charge is -2.37. The number of piperazine rings is 1. The zero-order valence-corrected chi connectivity index (χ0v) is 20.7. The van der Waals surface area contributed by atoms with Gasteiger partial charge in [0.25, 0.3) is 0 Å². The molecule has 0 radical (unpaired) electrons. The highest BCUT2D eigenvalue weighted by Gasteiger charge is 2.29. The van der Waals surface area contributed by atoms with Crippen LogP contribution in [0.25, 0.3) is 0 Å². The Morgan fingerprint density at radius 3 is 2.36 bits per heavy atom. The van der Waals surface area contributed by atoms with E-state index in [0.717, 1.165) is 11.4 Å². The van der Waals surface area contributed by atoms with E-state index in [4.69, 9.17) is 21.1 Å². The van der Waals surface area contributed by atoms with Crippen LogP contribution in [0.3, 0.4) is 0 Å². The minimum Gasteiger partial charge on any atom is -0.495 e. The van der Waals surface area contributed by atoms with E-state index in [0.29, 0.717) is 38.5 Å². The SMILES string of the molecule is CCOc1ccc(S(=O)(=O)N(CC)CC(=O)N2CCN(c3ccccc3OC)CC2)cc1Cl. The standard InChI is InChI=1S/C23H30ClN3O5S/c1-4-27(33(29,30)18-10-11-21(32-5-2)19(24)16-18)17-23(28)26-14-12-25(13-15-26)20-8-6-7-9-22(20)31-3/h6-11,16H,4-5,12-15,17H2,1-3H3. The average Bonchev–Trinajstić information content (AvgIpc) is 2.83. The monoisotopic (exact) mass is 495 g/mol. The van der Waals surface area contributed by atoms with Gasteiger partial charge in [-0.15, -0.1) is 0 Å². The van der Waals surface area contributed by atoms with Gasteiger partial charge in [0.1, 0.15) is 11.5 Å². The first-order valence-corrected chi connectivity index (χ1v) is 12.7. The zero-order valence-electron chi connectivity index (χ0n) is 19.2. The molecule has 0 aliphatic carbocycles. The molecule has 2 aromatic rings. The second-order valence-corrected chi connectivity index (χ2v) is 9.84. The predicted molar refractivity (Wildman–Crippen MR) is 129 cm³/mol. The lowest BCUT2D eigenvalue weighted by atomic mass is 10.2. The molecule has 33 heavy (non-hydrogen) atoms. The molecule has 1 fully saturated rings. The molecule has 3 rings (SSSR count). The fourth-order valence-electron chi connectivity index (χ4n) is 3.77. The largest absolute Gasteiger partial charge is 0.495 e. The molecule has 0 atom stereocenters. The molecule has 10 heteroatoms. The topological polar surface area (TPSA) is 79.4 Å². The van der Waals surface area contributed by atoms with E-state index >= 15 is 0 Å². The van der Waals surface area contributed by atoms with Gasteiger partial charge in [-0.2, -0.15) is 4.31 Å². The molecule has 0 unspecified atom stereocenters. The van der Waals surface area contributed by atoms with Crippen molar-refractivity contribution in [3.05, 3.63) is 47.5 Å². The van der Waals surface area contributed by atoms with Crippen molar-refractivity contribution >= 4 is 33.2 Å². The van der Waals surface area contributed by atoms with Crippen LogP contribution in [0.15, 0.2) is 47.4 Å². The summed E-state index contributed by atoms with van der Waals surface area (Å²) in [6.45, 7) is 6.18. The molecular formula is C23H30ClN3O5S. The number of para-hydroxylation sites is 2. The number of carbonyl (C=O) groups is 1. The van der Waals surface area contributed by atoms with Gasteiger partial charge in [-0.3, -0.25) is 4.79 Å². The van der Waals surface area contributed by atoms with Crippen LogP contribution >= 0.6 is 11.6 Å². The van der Waals surface area contributed by atoms with Crippen molar-refractivity contribution < 1.29 is 22.7 Å². The van der Waals surface area contributed by atoms with Gasteiger partial charge in [0.2, 0.25) is 15.9 Å². The minimum atomic E-state index is -3.88. The number of amides is 1. The van der Waals surface area contributed by atoms with Crippen molar-refractivity contribution in [1.29, 1.82) is 0 Å². The molecule has 0 spiro atoms. The first-order chi connectivity index (χ1) is 15.8. The average molecular weight is 496 g/mol. The van der Waals surface area contributed by atoms with Gasteiger partial charge in [0, 0.05) is 32.7 Å². The summed E-state index contributed by atoms with van der Waals surface area (Å²) in [7, 11) is -2.25. The Morgan fingerprint density at radius 2 is 1.76 bits per heavy atom. The summed E-state index contributed by atoms with van der Waals surface area (Å²) >= 11 is 6.18. The maximum absolute atomic E-state index is 13.1. The van der Waals surface area contributed by atoms with Crippen LogP contribution in [-0.2, 0) is 14.8 Å². The molecule has 0 N–H and O–H groups in total. The van der Waals surface area contributed by atoms with Crippen molar-refractivity contribution in [1.82, 2.24) is 9.21 Å². The molecule has 1 amide bonds. The van der Waals surface area contributed by atoms with Gasteiger partial charge in [-0.1, -0.05) is 30.7 Å². The van der Waals surface area contributed by atoms with Crippen LogP contribution in [0.1, 0.15) is 13.8 Å². The molecule has 1 heterocycles. The summed E-state index contributed by atoms with van der Waals surface area (Å²) in [5.41, 5.74) is 0.984. The lowest BCUT2D eigenvalue weighted by Crippen LogP contribution is -2.51. The normalized spacial score (nSPS) is 14.5. The van der Waals surface area contributed by atoms with Gasteiger partial charge in [0.05, 0.1) is 35.9 Å². The highest BCUT2D eigenvalue weighted by Crippen LogP contribution is 2.30. The number of ether oxygens (including phenoxy) is 2. The minimum absolute atomic E-state index is 0.0339. The van der Waals surface area contributed by atoms with Crippen molar-refractivity contribution in [2.24, 2.45) is 0 Å². The number of anilines is 1. The fourth-order valence-corrected chi connectivity index (χ4v) is 5.49. The molecule has 2 aromatic carbocycles. The number of hydrogen-bond acceptors (Lipinski definition) is 6. The third-order valence-electron chi connectivity index (χ3n) is 5.56. The van der Waals surface area contributed by atoms with Crippen LogP contribution in [-0.4, -0.2) is 76.5 Å². The number of benzene rings is 2. The quantitative estimate of drug-likeness (QED) is 0.532. The molecule has 1 aliphatic rings. The Morgan fingerprint density at radius 1 is 1.06 bits per heavy atom. The molecule has 0 saturated carbocycles. The Hall–Kier alpha value is -2.49. The van der Waals surface area contributed by atoms with Gasteiger partial charge in [-0.05, 0) is 37.3 Å². The highest BCUT2D eigenvalue weighted by atomic mass is 35.5. The molecule has 8 nitrogen and oxygen atoms in total. The lowest BCUT2D eigenvalue weighted by molar-refractivity contribution is -0.131.